The van der Waals surface area contributed by atoms with E-state index in [0.29, 0.717) is 19.7 Å². The molecule has 5 nitrogen and oxygen atoms in total. The van der Waals surface area contributed by atoms with Crippen LogP contribution in [0.1, 0.15) is 36.5 Å². The minimum Gasteiger partial charge on any atom is -0.469 e. The highest BCUT2D eigenvalue weighted by molar-refractivity contribution is 5.73. The molecule has 0 bridgehead atoms. The molecule has 2 aromatic rings. The smallest absolute Gasteiger partial charge is 0.312 e. The molecule has 150 valence electrons. The maximum absolute atomic E-state index is 12.6. The van der Waals surface area contributed by atoms with E-state index >= 15 is 0 Å². The molecule has 0 aromatic heterocycles. The Labute approximate surface area is 167 Å². The van der Waals surface area contributed by atoms with Crippen LogP contribution in [0, 0.1) is 5.92 Å². The number of methoxy groups -OCH3 is 1. The van der Waals surface area contributed by atoms with E-state index in [2.05, 4.69) is 17.4 Å². The topological polar surface area (TPSA) is 56.8 Å². The maximum Gasteiger partial charge on any atom is 0.312 e. The van der Waals surface area contributed by atoms with Crippen molar-refractivity contribution >= 4 is 5.97 Å². The molecule has 0 saturated carbocycles. The Kier molecular flexibility index (Phi) is 8.03. The summed E-state index contributed by atoms with van der Waals surface area (Å²) in [6, 6.07) is 20.0. The van der Waals surface area contributed by atoms with Crippen LogP contribution in [0.2, 0.25) is 0 Å². The van der Waals surface area contributed by atoms with Crippen LogP contribution in [0.3, 0.4) is 0 Å². The van der Waals surface area contributed by atoms with Gasteiger partial charge in [0.1, 0.15) is 6.10 Å². The summed E-state index contributed by atoms with van der Waals surface area (Å²) in [6.45, 7) is 1.82. The molecule has 0 radical (unpaired) electrons. The van der Waals surface area contributed by atoms with Crippen LogP contribution >= 0.6 is 0 Å². The van der Waals surface area contributed by atoms with Gasteiger partial charge in [-0.1, -0.05) is 60.7 Å². The molecule has 0 amide bonds. The molecular weight excluding hydrogens is 354 g/mol. The summed E-state index contributed by atoms with van der Waals surface area (Å²) in [5.41, 5.74) is 2.12. The van der Waals surface area contributed by atoms with E-state index in [4.69, 9.17) is 14.2 Å². The number of benzene rings is 2. The minimum absolute atomic E-state index is 0.287. The van der Waals surface area contributed by atoms with Crippen LogP contribution in [-0.4, -0.2) is 32.5 Å². The van der Waals surface area contributed by atoms with Crippen LogP contribution in [0.5, 0.6) is 0 Å². The van der Waals surface area contributed by atoms with E-state index in [1.807, 2.05) is 48.5 Å². The zero-order valence-electron chi connectivity index (χ0n) is 16.4. The van der Waals surface area contributed by atoms with Gasteiger partial charge in [-0.3, -0.25) is 4.79 Å². The number of carbonyl (C=O) groups is 1. The minimum atomic E-state index is -0.471. The fourth-order valence-electron chi connectivity index (χ4n) is 3.46. The van der Waals surface area contributed by atoms with Crippen LogP contribution in [0.25, 0.3) is 0 Å². The molecule has 1 N–H and O–H groups in total. The van der Waals surface area contributed by atoms with E-state index in [1.54, 1.807) is 0 Å². The molecule has 0 spiro atoms. The molecule has 1 fully saturated rings. The second kappa shape index (κ2) is 11.0. The molecule has 3 rings (SSSR count). The normalized spacial score (nSPS) is 19.0. The second-order valence-electron chi connectivity index (χ2n) is 7.01. The molecular formula is C23H29NO4. The van der Waals surface area contributed by atoms with Crippen LogP contribution in [0.4, 0.5) is 0 Å². The molecule has 1 aliphatic heterocycles. The van der Waals surface area contributed by atoms with E-state index in [0.717, 1.165) is 24.8 Å². The fourth-order valence-corrected chi connectivity index (χ4v) is 3.46. The number of rotatable bonds is 9. The predicted octanol–water partition coefficient (Wildman–Crippen LogP) is 3.85. The first-order valence-electron chi connectivity index (χ1n) is 9.92. The van der Waals surface area contributed by atoms with Gasteiger partial charge >= 0.3 is 5.97 Å². The lowest BCUT2D eigenvalue weighted by atomic mass is 9.95. The third-order valence-corrected chi connectivity index (χ3v) is 4.97. The molecule has 3 unspecified atom stereocenters. The third-order valence-electron chi connectivity index (χ3n) is 4.97. The maximum atomic E-state index is 12.6. The summed E-state index contributed by atoms with van der Waals surface area (Å²) >= 11 is 0. The quantitative estimate of drug-likeness (QED) is 0.667. The monoisotopic (exact) mass is 383 g/mol. The Bertz CT molecular complexity index is 701. The van der Waals surface area contributed by atoms with E-state index in [-0.39, 0.29) is 12.3 Å². The van der Waals surface area contributed by atoms with E-state index in [1.165, 1.54) is 12.7 Å². The number of carbonyl (C=O) groups excluding carboxylic acids is 1. The van der Waals surface area contributed by atoms with Gasteiger partial charge in [0.15, 0.2) is 6.29 Å². The summed E-state index contributed by atoms with van der Waals surface area (Å²) in [5, 5.41) is 3.38. The van der Waals surface area contributed by atoms with Gasteiger partial charge in [-0.25, -0.2) is 0 Å². The van der Waals surface area contributed by atoms with Crippen molar-refractivity contribution in [2.75, 3.05) is 20.3 Å². The Morgan fingerprint density at radius 3 is 2.46 bits per heavy atom. The van der Waals surface area contributed by atoms with Crippen molar-refractivity contribution in [3.05, 3.63) is 71.8 Å². The van der Waals surface area contributed by atoms with Crippen LogP contribution in [-0.2, 0) is 25.5 Å². The Morgan fingerprint density at radius 2 is 1.82 bits per heavy atom. The first kappa shape index (κ1) is 20.5. The molecule has 5 heteroatoms. The van der Waals surface area contributed by atoms with Gasteiger partial charge in [0.2, 0.25) is 0 Å². The fraction of sp³-hybridized carbons (Fsp3) is 0.435. The van der Waals surface area contributed by atoms with E-state index < -0.39 is 12.0 Å². The van der Waals surface area contributed by atoms with Gasteiger partial charge in [-0.15, -0.1) is 0 Å². The van der Waals surface area contributed by atoms with Crippen LogP contribution < -0.4 is 5.32 Å². The lowest BCUT2D eigenvalue weighted by molar-refractivity contribution is -0.205. The van der Waals surface area contributed by atoms with Gasteiger partial charge in [0, 0.05) is 19.7 Å². The molecule has 1 heterocycles. The Balaban J connectivity index is 1.74. The van der Waals surface area contributed by atoms with Gasteiger partial charge < -0.3 is 19.5 Å². The summed E-state index contributed by atoms with van der Waals surface area (Å²) < 4.78 is 17.2. The first-order chi connectivity index (χ1) is 13.8. The average molecular weight is 383 g/mol. The zero-order chi connectivity index (χ0) is 19.6. The van der Waals surface area contributed by atoms with Crippen molar-refractivity contribution in [3.8, 4) is 0 Å². The van der Waals surface area contributed by atoms with Crippen molar-refractivity contribution < 1.29 is 19.0 Å². The SMILES string of the molecule is COC(=O)C(CNCc1ccccc1)C(OC1CCCCO1)c1ccccc1. The van der Waals surface area contributed by atoms with Crippen molar-refractivity contribution in [3.63, 3.8) is 0 Å². The van der Waals surface area contributed by atoms with Gasteiger partial charge in [0.05, 0.1) is 13.0 Å². The highest BCUT2D eigenvalue weighted by Gasteiger charge is 2.33. The Hall–Kier alpha value is -2.21. The molecule has 3 atom stereocenters. The lowest BCUT2D eigenvalue weighted by Gasteiger charge is -2.32. The van der Waals surface area contributed by atoms with Crippen LogP contribution in [0.15, 0.2) is 60.7 Å². The summed E-state index contributed by atoms with van der Waals surface area (Å²) in [5.74, 6) is -0.758. The van der Waals surface area contributed by atoms with Gasteiger partial charge in [0.25, 0.3) is 0 Å². The molecule has 2 aromatic carbocycles. The van der Waals surface area contributed by atoms with Gasteiger partial charge in [-0.2, -0.15) is 0 Å². The van der Waals surface area contributed by atoms with Crippen molar-refractivity contribution in [1.29, 1.82) is 0 Å². The number of nitrogens with one attached hydrogen (secondary N) is 1. The van der Waals surface area contributed by atoms with E-state index in [9.17, 15) is 4.79 Å². The number of esters is 1. The number of ether oxygens (including phenoxy) is 3. The largest absolute Gasteiger partial charge is 0.469 e. The Morgan fingerprint density at radius 1 is 1.11 bits per heavy atom. The zero-order valence-corrected chi connectivity index (χ0v) is 16.4. The molecule has 0 aliphatic carbocycles. The standard InChI is InChI=1S/C23H29NO4/c1-26-23(25)20(17-24-16-18-10-4-2-5-11-18)22(19-12-6-3-7-13-19)28-21-14-8-9-15-27-21/h2-7,10-13,20-22,24H,8-9,14-17H2,1H3. The van der Waals surface area contributed by atoms with Crippen molar-refractivity contribution in [1.82, 2.24) is 5.32 Å². The summed E-state index contributed by atoms with van der Waals surface area (Å²) in [7, 11) is 1.42. The highest BCUT2D eigenvalue weighted by atomic mass is 16.7. The average Bonchev–Trinajstić information content (AvgIpc) is 2.77. The number of hydrogen-bond donors (Lipinski definition) is 1. The predicted molar refractivity (Wildman–Crippen MR) is 108 cm³/mol. The summed E-state index contributed by atoms with van der Waals surface area (Å²) in [6.07, 6.45) is 2.24. The number of hydrogen-bond acceptors (Lipinski definition) is 5. The first-order valence-corrected chi connectivity index (χ1v) is 9.92. The molecule has 1 saturated heterocycles. The summed E-state index contributed by atoms with van der Waals surface area (Å²) in [4.78, 5) is 12.6. The van der Waals surface area contributed by atoms with Gasteiger partial charge in [-0.05, 0) is 30.4 Å². The van der Waals surface area contributed by atoms with Crippen molar-refractivity contribution in [2.24, 2.45) is 5.92 Å². The second-order valence-corrected chi connectivity index (χ2v) is 7.01. The third kappa shape index (κ3) is 5.89. The molecule has 1 aliphatic rings. The molecule has 28 heavy (non-hydrogen) atoms. The lowest BCUT2D eigenvalue weighted by Crippen LogP contribution is -2.37. The van der Waals surface area contributed by atoms with Crippen molar-refractivity contribution in [2.45, 2.75) is 38.2 Å². The highest BCUT2D eigenvalue weighted by Crippen LogP contribution is 2.31.